The molecule has 106 valence electrons. The highest BCUT2D eigenvalue weighted by Crippen LogP contribution is 2.24. The monoisotopic (exact) mass is 280 g/mol. The van der Waals surface area contributed by atoms with Gasteiger partial charge in [-0.15, -0.1) is 0 Å². The Kier molecular flexibility index (Phi) is 3.17. The molecule has 1 N–H and O–H groups in total. The normalized spacial score (nSPS) is 10.8. The molecule has 0 bridgehead atoms. The Labute approximate surface area is 122 Å². The van der Waals surface area contributed by atoms with Crippen LogP contribution in [0.2, 0.25) is 0 Å². The van der Waals surface area contributed by atoms with E-state index in [9.17, 15) is 5.11 Å². The van der Waals surface area contributed by atoms with Crippen LogP contribution in [0.1, 0.15) is 17.2 Å². The first kappa shape index (κ1) is 13.3. The van der Waals surface area contributed by atoms with Gasteiger partial charge in [0.1, 0.15) is 11.5 Å². The topological polar surface area (TPSA) is 63.8 Å². The van der Waals surface area contributed by atoms with Gasteiger partial charge < -0.3 is 5.11 Å². The van der Waals surface area contributed by atoms with E-state index in [1.807, 2.05) is 50.2 Å². The second kappa shape index (κ2) is 5.01. The summed E-state index contributed by atoms with van der Waals surface area (Å²) in [4.78, 5) is 8.90. The van der Waals surface area contributed by atoms with Crippen LogP contribution in [0, 0.1) is 20.8 Å². The van der Waals surface area contributed by atoms with Gasteiger partial charge in [0.05, 0.1) is 11.4 Å². The third kappa shape index (κ3) is 2.38. The lowest BCUT2D eigenvalue weighted by molar-refractivity contribution is 0.466. The van der Waals surface area contributed by atoms with Crippen LogP contribution in [0.5, 0.6) is 5.75 Å². The van der Waals surface area contributed by atoms with Crippen molar-refractivity contribution in [2.45, 2.75) is 20.8 Å². The van der Waals surface area contributed by atoms with E-state index in [-0.39, 0.29) is 5.75 Å². The van der Waals surface area contributed by atoms with Gasteiger partial charge >= 0.3 is 0 Å². The van der Waals surface area contributed by atoms with Crippen LogP contribution in [-0.4, -0.2) is 24.9 Å². The Morgan fingerprint density at radius 1 is 1.00 bits per heavy atom. The maximum Gasteiger partial charge on any atom is 0.160 e. The molecule has 0 aliphatic heterocycles. The van der Waals surface area contributed by atoms with Crippen LogP contribution in [0.3, 0.4) is 0 Å². The van der Waals surface area contributed by atoms with Gasteiger partial charge in [0, 0.05) is 11.6 Å². The second-order valence-corrected chi connectivity index (χ2v) is 4.96. The highest BCUT2D eigenvalue weighted by molar-refractivity contribution is 5.60. The van der Waals surface area contributed by atoms with Gasteiger partial charge in [0.25, 0.3) is 0 Å². The van der Waals surface area contributed by atoms with Gasteiger partial charge in [-0.3, -0.25) is 0 Å². The first-order chi connectivity index (χ1) is 10.1. The number of nitrogens with zero attached hydrogens (tertiary/aromatic N) is 4. The molecule has 0 atom stereocenters. The Bertz CT molecular complexity index is 794. The van der Waals surface area contributed by atoms with Crippen LogP contribution >= 0.6 is 0 Å². The van der Waals surface area contributed by atoms with Crippen molar-refractivity contribution in [1.82, 2.24) is 19.7 Å². The molecule has 0 spiro atoms. The van der Waals surface area contributed by atoms with E-state index >= 15 is 0 Å². The van der Waals surface area contributed by atoms with Crippen LogP contribution < -0.4 is 0 Å². The van der Waals surface area contributed by atoms with Crippen molar-refractivity contribution in [3.8, 4) is 22.8 Å². The zero-order valence-corrected chi connectivity index (χ0v) is 12.2. The van der Waals surface area contributed by atoms with Gasteiger partial charge in [-0.1, -0.05) is 30.3 Å². The van der Waals surface area contributed by atoms with Gasteiger partial charge in [-0.05, 0) is 20.8 Å². The first-order valence-corrected chi connectivity index (χ1v) is 6.73. The molecule has 3 rings (SSSR count). The van der Waals surface area contributed by atoms with Gasteiger partial charge in [-0.2, -0.15) is 5.10 Å². The van der Waals surface area contributed by atoms with Crippen LogP contribution in [-0.2, 0) is 0 Å². The maximum absolute atomic E-state index is 9.92. The third-order valence-electron chi connectivity index (χ3n) is 3.36. The fourth-order valence-electron chi connectivity index (χ4n) is 2.27. The van der Waals surface area contributed by atoms with E-state index in [4.69, 9.17) is 0 Å². The number of hydrogen-bond donors (Lipinski definition) is 1. The minimum Gasteiger partial charge on any atom is -0.504 e. The number of aromatic nitrogens is 4. The van der Waals surface area contributed by atoms with Crippen LogP contribution in [0.4, 0.5) is 0 Å². The summed E-state index contributed by atoms with van der Waals surface area (Å²) in [5.74, 6) is 1.52. The maximum atomic E-state index is 9.92. The number of hydrogen-bond acceptors (Lipinski definition) is 4. The summed E-state index contributed by atoms with van der Waals surface area (Å²) in [5.41, 5.74) is 3.12. The summed E-state index contributed by atoms with van der Waals surface area (Å²) in [6.45, 7) is 5.43. The summed E-state index contributed by atoms with van der Waals surface area (Å²) in [7, 11) is 0. The van der Waals surface area contributed by atoms with Gasteiger partial charge in [0.2, 0.25) is 0 Å². The molecule has 5 heteroatoms. The molecule has 2 aromatic heterocycles. The Morgan fingerprint density at radius 2 is 1.71 bits per heavy atom. The lowest BCUT2D eigenvalue weighted by atomic mass is 10.1. The number of aromatic hydroxyl groups is 1. The summed E-state index contributed by atoms with van der Waals surface area (Å²) < 4.78 is 1.64. The Balaban J connectivity index is 2.16. The van der Waals surface area contributed by atoms with Crippen molar-refractivity contribution in [1.29, 1.82) is 0 Å². The predicted molar refractivity (Wildman–Crippen MR) is 80.5 cm³/mol. The van der Waals surface area contributed by atoms with Gasteiger partial charge in [0.15, 0.2) is 11.6 Å². The molecule has 0 aliphatic rings. The molecule has 0 unspecified atom stereocenters. The first-order valence-electron chi connectivity index (χ1n) is 6.73. The van der Waals surface area contributed by atoms with Crippen molar-refractivity contribution in [3.05, 3.63) is 53.6 Å². The molecule has 3 aromatic rings. The summed E-state index contributed by atoms with van der Waals surface area (Å²) in [5, 5.41) is 14.2. The second-order valence-electron chi connectivity index (χ2n) is 4.96. The Morgan fingerprint density at radius 3 is 2.33 bits per heavy atom. The molecule has 0 saturated heterocycles. The van der Waals surface area contributed by atoms with Gasteiger partial charge in [-0.25, -0.2) is 14.6 Å². The van der Waals surface area contributed by atoms with E-state index in [0.29, 0.717) is 23.0 Å². The van der Waals surface area contributed by atoms with E-state index in [2.05, 4.69) is 15.1 Å². The molecular formula is C16H16N4O. The Hall–Kier alpha value is -2.69. The van der Waals surface area contributed by atoms with E-state index in [0.717, 1.165) is 11.3 Å². The van der Waals surface area contributed by atoms with Crippen molar-refractivity contribution >= 4 is 0 Å². The third-order valence-corrected chi connectivity index (χ3v) is 3.36. The standard InChI is InChI=1S/C16H16N4O/c1-10-16(21)11(2)20(19-10)15-9-14(17-12(3)18-15)13-7-5-4-6-8-13/h4-9,21H,1-3H3. The molecule has 0 aliphatic carbocycles. The SMILES string of the molecule is Cc1nc(-c2ccccc2)cc(-n2nc(C)c(O)c2C)n1. The average Bonchev–Trinajstić information content (AvgIpc) is 2.75. The van der Waals surface area contributed by atoms with Crippen molar-refractivity contribution in [3.63, 3.8) is 0 Å². The fraction of sp³-hybridized carbons (Fsp3) is 0.188. The summed E-state index contributed by atoms with van der Waals surface area (Å²) in [6, 6.07) is 11.8. The number of rotatable bonds is 2. The highest BCUT2D eigenvalue weighted by Gasteiger charge is 2.14. The lowest BCUT2D eigenvalue weighted by Gasteiger charge is -2.07. The zero-order chi connectivity index (χ0) is 15.0. The number of benzene rings is 1. The number of aryl methyl sites for hydroxylation is 2. The molecule has 2 heterocycles. The highest BCUT2D eigenvalue weighted by atomic mass is 16.3. The molecule has 21 heavy (non-hydrogen) atoms. The lowest BCUT2D eigenvalue weighted by Crippen LogP contribution is -2.05. The quantitative estimate of drug-likeness (QED) is 0.784. The largest absolute Gasteiger partial charge is 0.504 e. The zero-order valence-electron chi connectivity index (χ0n) is 12.2. The van der Waals surface area contributed by atoms with Crippen LogP contribution in [0.15, 0.2) is 36.4 Å². The molecule has 0 amide bonds. The summed E-state index contributed by atoms with van der Waals surface area (Å²) in [6.07, 6.45) is 0. The molecular weight excluding hydrogens is 264 g/mol. The average molecular weight is 280 g/mol. The van der Waals surface area contributed by atoms with Crippen molar-refractivity contribution in [2.24, 2.45) is 0 Å². The minimum atomic E-state index is 0.201. The molecule has 0 radical (unpaired) electrons. The molecule has 0 saturated carbocycles. The smallest absolute Gasteiger partial charge is 0.160 e. The van der Waals surface area contributed by atoms with Crippen molar-refractivity contribution < 1.29 is 5.11 Å². The minimum absolute atomic E-state index is 0.201. The molecule has 5 nitrogen and oxygen atoms in total. The summed E-state index contributed by atoms with van der Waals surface area (Å²) >= 11 is 0. The molecule has 1 aromatic carbocycles. The van der Waals surface area contributed by atoms with Crippen LogP contribution in [0.25, 0.3) is 17.1 Å². The van der Waals surface area contributed by atoms with E-state index in [1.165, 1.54) is 0 Å². The van der Waals surface area contributed by atoms with E-state index < -0.39 is 0 Å². The van der Waals surface area contributed by atoms with Crippen molar-refractivity contribution in [2.75, 3.05) is 0 Å². The van der Waals surface area contributed by atoms with E-state index in [1.54, 1.807) is 11.6 Å². The fourth-order valence-corrected chi connectivity index (χ4v) is 2.27. The molecule has 0 fully saturated rings. The predicted octanol–water partition coefficient (Wildman–Crippen LogP) is 2.96.